The number of hydrogen-bond acceptors (Lipinski definition) is 11. The monoisotopic (exact) mass is 706 g/mol. The van der Waals surface area contributed by atoms with Crippen molar-refractivity contribution >= 4 is 23.0 Å². The predicted octanol–water partition coefficient (Wildman–Crippen LogP) is 5.45. The molecule has 7 rings (SSSR count). The zero-order chi connectivity index (χ0) is 36.7. The first-order valence-electron chi connectivity index (χ1n) is 17.9. The Balaban J connectivity index is 1.32. The average Bonchev–Trinajstić information content (AvgIpc) is 3.56. The van der Waals surface area contributed by atoms with Crippen LogP contribution in [0.2, 0.25) is 0 Å². The summed E-state index contributed by atoms with van der Waals surface area (Å²) in [6, 6.07) is 20.7. The van der Waals surface area contributed by atoms with E-state index in [9.17, 15) is 4.79 Å². The second kappa shape index (κ2) is 14.3. The number of aromatic nitrogens is 1. The van der Waals surface area contributed by atoms with Gasteiger partial charge in [0.05, 0.1) is 17.5 Å². The summed E-state index contributed by atoms with van der Waals surface area (Å²) in [5, 5.41) is 7.64. The first-order chi connectivity index (χ1) is 25.1. The van der Waals surface area contributed by atoms with Gasteiger partial charge in [-0.3, -0.25) is 19.3 Å². The number of rotatable bonds is 12. The van der Waals surface area contributed by atoms with E-state index < -0.39 is 35.0 Å². The fourth-order valence-corrected chi connectivity index (χ4v) is 8.70. The molecule has 5 unspecified atom stereocenters. The Bertz CT molecular complexity index is 1980. The second-order valence-corrected chi connectivity index (χ2v) is 14.4. The largest absolute Gasteiger partial charge is 0.488 e. The lowest BCUT2D eigenvalue weighted by atomic mass is 9.54. The third-order valence-electron chi connectivity index (χ3n) is 10.9. The lowest BCUT2D eigenvalue weighted by Crippen LogP contribution is -2.67. The van der Waals surface area contributed by atoms with Crippen molar-refractivity contribution in [2.24, 2.45) is 17.8 Å². The van der Waals surface area contributed by atoms with Gasteiger partial charge >= 0.3 is 0 Å². The van der Waals surface area contributed by atoms with Gasteiger partial charge in [-0.1, -0.05) is 67.6 Å². The van der Waals surface area contributed by atoms with Crippen molar-refractivity contribution in [2.45, 2.75) is 51.2 Å². The van der Waals surface area contributed by atoms with Crippen LogP contribution in [-0.4, -0.2) is 74.9 Å². The highest BCUT2D eigenvalue weighted by Crippen LogP contribution is 2.57. The number of nitrogens with zero attached hydrogens (tertiary/aromatic N) is 3. The van der Waals surface area contributed by atoms with Gasteiger partial charge in [0.15, 0.2) is 22.9 Å². The molecular formula is C41H46N4O7. The zero-order valence-electron chi connectivity index (χ0n) is 30.6. The molecule has 3 aromatic carbocycles. The van der Waals surface area contributed by atoms with Crippen molar-refractivity contribution in [3.05, 3.63) is 106 Å². The van der Waals surface area contributed by atoms with Gasteiger partial charge in [0.25, 0.3) is 5.88 Å². The van der Waals surface area contributed by atoms with Crippen LogP contribution in [0.5, 0.6) is 11.6 Å². The third kappa shape index (κ3) is 5.81. The number of ether oxygens (including phenoxy) is 3. The molecule has 5 atom stereocenters. The Morgan fingerprint density at radius 3 is 2.17 bits per heavy atom. The zero-order valence-corrected chi connectivity index (χ0v) is 30.6. The molecule has 11 heteroatoms. The van der Waals surface area contributed by atoms with E-state index in [1.165, 1.54) is 7.11 Å². The highest BCUT2D eigenvalue weighted by molar-refractivity contribution is 6.27. The molecule has 272 valence electrons. The minimum atomic E-state index is -1.95. The van der Waals surface area contributed by atoms with Crippen LogP contribution in [0.25, 0.3) is 0 Å². The Labute approximate surface area is 304 Å². The maximum atomic E-state index is 15.1. The third-order valence-corrected chi connectivity index (χ3v) is 10.9. The molecule has 1 aromatic heterocycles. The fourth-order valence-electron chi connectivity index (χ4n) is 8.70. The highest BCUT2D eigenvalue weighted by Gasteiger charge is 2.68. The summed E-state index contributed by atoms with van der Waals surface area (Å²) in [7, 11) is 9.08. The number of Topliss-reactive ketones (excluding diaryl/α,β-unsaturated/α-hetero) is 3. The molecule has 1 heterocycles. The second-order valence-electron chi connectivity index (χ2n) is 14.4. The maximum absolute atomic E-state index is 15.1. The molecule has 52 heavy (non-hydrogen) atoms. The van der Waals surface area contributed by atoms with Crippen LogP contribution in [0.1, 0.15) is 68.1 Å². The van der Waals surface area contributed by atoms with Crippen LogP contribution >= 0.6 is 0 Å². The lowest BCUT2D eigenvalue weighted by Gasteiger charge is -2.52. The van der Waals surface area contributed by atoms with Gasteiger partial charge in [-0.15, -0.1) is 0 Å². The van der Waals surface area contributed by atoms with Crippen LogP contribution in [-0.2, 0) is 35.7 Å². The summed E-state index contributed by atoms with van der Waals surface area (Å²) in [4.78, 5) is 48.9. The van der Waals surface area contributed by atoms with Crippen molar-refractivity contribution in [1.82, 2.24) is 15.4 Å². The number of hydrogen-bond donors (Lipinski definition) is 1. The number of carbonyl (C=O) groups is 3. The van der Waals surface area contributed by atoms with Crippen molar-refractivity contribution in [3.8, 4) is 11.6 Å². The smallest absolute Gasteiger partial charge is 0.265 e. The molecule has 11 nitrogen and oxygen atoms in total. The quantitative estimate of drug-likeness (QED) is 0.189. The van der Waals surface area contributed by atoms with Crippen LogP contribution < -0.4 is 19.7 Å². The summed E-state index contributed by atoms with van der Waals surface area (Å²) in [5.74, 6) is -2.85. The molecule has 1 N–H and O–H groups in total. The van der Waals surface area contributed by atoms with Gasteiger partial charge < -0.3 is 29.0 Å². The number of ketones is 3. The maximum Gasteiger partial charge on any atom is 0.265 e. The molecule has 4 aromatic rings. The van der Waals surface area contributed by atoms with Crippen LogP contribution in [0.15, 0.2) is 71.3 Å². The molecule has 1 fully saturated rings. The minimum absolute atomic E-state index is 0.00117. The van der Waals surface area contributed by atoms with Gasteiger partial charge in [-0.05, 0) is 72.9 Å². The molecule has 0 spiro atoms. The molecule has 3 aliphatic carbocycles. The number of carbonyl (C=O) groups excluding carboxylic acids is 3. The normalized spacial score (nSPS) is 23.5. The molecule has 0 saturated heterocycles. The van der Waals surface area contributed by atoms with Gasteiger partial charge in [-0.2, -0.15) is 0 Å². The number of nitrogens with one attached hydrogen (secondary N) is 1. The number of methoxy groups -OCH3 is 1. The van der Waals surface area contributed by atoms with Gasteiger partial charge in [-0.25, -0.2) is 0 Å². The number of anilines is 1. The van der Waals surface area contributed by atoms with E-state index in [-0.39, 0.29) is 36.4 Å². The first kappa shape index (κ1) is 35.6. The molecular weight excluding hydrogens is 660 g/mol. The standard InChI is InChI=1S/C41H46N4O7/c1-7-42-21-27-20-30(50-22-24-14-10-8-11-15-24)32-28(34(27)44(2)3)18-26-19-29-35(45(4)5)37-33(39(48)41(29,49-6)38(47)31(26)36(32)46)40(43-52-37)51-23-25-16-12-9-13-17-25/h8-17,20,26,29,31,35,42H,7,18-19,21-23H2,1-6H3. The van der Waals surface area contributed by atoms with Crippen LogP contribution in [0.3, 0.4) is 0 Å². The highest BCUT2D eigenvalue weighted by atomic mass is 16.5. The SMILES string of the molecule is CCNCc1cc(OCc2ccccc2)c2c(c1N(C)C)CC1CC3C(N(C)C)c4onc(OCc5ccccc5)c4C(=O)C3(OC)C(=O)C1C2=O. The van der Waals surface area contributed by atoms with E-state index in [0.29, 0.717) is 36.5 Å². The number of fused-ring (bicyclic) bond motifs is 4. The van der Waals surface area contributed by atoms with Crippen LogP contribution in [0, 0.1) is 17.8 Å². The summed E-state index contributed by atoms with van der Waals surface area (Å²) in [6.45, 7) is 3.79. The Morgan fingerprint density at radius 2 is 1.58 bits per heavy atom. The Hall–Kier alpha value is -4.84. The minimum Gasteiger partial charge on any atom is -0.488 e. The van der Waals surface area contributed by atoms with Gasteiger partial charge in [0.1, 0.15) is 24.5 Å². The summed E-state index contributed by atoms with van der Waals surface area (Å²) >= 11 is 0. The Morgan fingerprint density at radius 1 is 0.923 bits per heavy atom. The molecule has 0 amide bonds. The predicted molar refractivity (Wildman–Crippen MR) is 195 cm³/mol. The van der Waals surface area contributed by atoms with Crippen molar-refractivity contribution in [3.63, 3.8) is 0 Å². The first-order valence-corrected chi connectivity index (χ1v) is 17.9. The molecule has 0 radical (unpaired) electrons. The van der Waals surface area contributed by atoms with E-state index in [1.807, 2.05) is 105 Å². The topological polar surface area (TPSA) is 123 Å². The van der Waals surface area contributed by atoms with E-state index in [1.54, 1.807) is 0 Å². The number of benzene rings is 3. The summed E-state index contributed by atoms with van der Waals surface area (Å²) < 4.78 is 24.5. The van der Waals surface area contributed by atoms with Crippen LogP contribution in [0.4, 0.5) is 5.69 Å². The van der Waals surface area contributed by atoms with Gasteiger partial charge in [0, 0.05) is 39.4 Å². The van der Waals surface area contributed by atoms with E-state index in [2.05, 4.69) is 17.4 Å². The average molecular weight is 707 g/mol. The summed E-state index contributed by atoms with van der Waals surface area (Å²) in [5.41, 5.74) is 3.15. The van der Waals surface area contributed by atoms with Crippen molar-refractivity contribution in [1.29, 1.82) is 0 Å². The van der Waals surface area contributed by atoms with Crippen molar-refractivity contribution in [2.75, 3.05) is 46.7 Å². The molecule has 3 aliphatic rings. The summed E-state index contributed by atoms with van der Waals surface area (Å²) in [6.07, 6.45) is 0.820. The lowest BCUT2D eigenvalue weighted by molar-refractivity contribution is -0.159. The molecule has 0 aliphatic heterocycles. The molecule has 1 saturated carbocycles. The Kier molecular flexibility index (Phi) is 9.77. The van der Waals surface area contributed by atoms with E-state index >= 15 is 9.59 Å². The van der Waals surface area contributed by atoms with E-state index in [4.69, 9.17) is 18.7 Å². The van der Waals surface area contributed by atoms with E-state index in [0.717, 1.165) is 34.5 Å². The fraction of sp³-hybridized carbons (Fsp3) is 0.415. The molecule has 0 bridgehead atoms. The van der Waals surface area contributed by atoms with Crippen molar-refractivity contribution < 1.29 is 33.1 Å². The van der Waals surface area contributed by atoms with Gasteiger partial charge in [0.2, 0.25) is 5.78 Å².